The minimum atomic E-state index is -0.0838. The quantitative estimate of drug-likeness (QED) is 0.804. The third-order valence-corrected chi connectivity index (χ3v) is 4.28. The number of rotatable bonds is 5. The van der Waals surface area contributed by atoms with Gasteiger partial charge in [0.15, 0.2) is 0 Å². The summed E-state index contributed by atoms with van der Waals surface area (Å²) in [6.45, 7) is 11.8. The predicted molar refractivity (Wildman–Crippen MR) is 81.1 cm³/mol. The van der Waals surface area contributed by atoms with E-state index in [-0.39, 0.29) is 11.9 Å². The number of amides is 1. The fraction of sp³-hybridized carbons (Fsp3) is 0.938. The molecule has 1 aliphatic rings. The normalized spacial score (nSPS) is 25.9. The van der Waals surface area contributed by atoms with Crippen molar-refractivity contribution in [3.8, 4) is 0 Å². The lowest BCUT2D eigenvalue weighted by Crippen LogP contribution is -2.52. The third-order valence-electron chi connectivity index (χ3n) is 4.28. The van der Waals surface area contributed by atoms with Crippen LogP contribution < -0.4 is 10.6 Å². The van der Waals surface area contributed by atoms with E-state index in [2.05, 4.69) is 38.3 Å². The Hall–Kier alpha value is -0.570. The molecule has 19 heavy (non-hydrogen) atoms. The lowest BCUT2D eigenvalue weighted by Gasteiger charge is -2.42. The highest BCUT2D eigenvalue weighted by Crippen LogP contribution is 2.38. The van der Waals surface area contributed by atoms with E-state index in [0.717, 1.165) is 13.0 Å². The summed E-state index contributed by atoms with van der Waals surface area (Å²) in [6.07, 6.45) is 6.09. The van der Waals surface area contributed by atoms with E-state index in [1.165, 1.54) is 25.7 Å². The Labute approximate surface area is 118 Å². The molecule has 1 fully saturated rings. The molecule has 112 valence electrons. The van der Waals surface area contributed by atoms with E-state index in [1.54, 1.807) is 0 Å². The topological polar surface area (TPSA) is 41.1 Å². The van der Waals surface area contributed by atoms with Gasteiger partial charge in [0.1, 0.15) is 0 Å². The van der Waals surface area contributed by atoms with Gasteiger partial charge in [-0.2, -0.15) is 0 Å². The maximum atomic E-state index is 12.0. The molecule has 1 saturated carbocycles. The van der Waals surface area contributed by atoms with Gasteiger partial charge in [-0.05, 0) is 37.5 Å². The van der Waals surface area contributed by atoms with Crippen LogP contribution in [0.5, 0.6) is 0 Å². The smallest absolute Gasteiger partial charge is 0.236 e. The average molecular weight is 268 g/mol. The Bertz CT molecular complexity index is 283. The second-order valence-corrected chi connectivity index (χ2v) is 7.04. The van der Waals surface area contributed by atoms with Crippen LogP contribution in [0.25, 0.3) is 0 Å². The number of nitrogens with one attached hydrogen (secondary N) is 2. The maximum absolute atomic E-state index is 12.0. The van der Waals surface area contributed by atoms with Crippen molar-refractivity contribution >= 4 is 5.91 Å². The van der Waals surface area contributed by atoms with Crippen LogP contribution in [-0.2, 0) is 4.79 Å². The minimum absolute atomic E-state index is 0.0838. The molecule has 0 aromatic carbocycles. The van der Waals surface area contributed by atoms with Gasteiger partial charge in [-0.25, -0.2) is 0 Å². The molecular weight excluding hydrogens is 236 g/mol. The van der Waals surface area contributed by atoms with Crippen molar-refractivity contribution in [2.45, 2.75) is 78.8 Å². The molecule has 0 bridgehead atoms. The SMILES string of the molecule is CCCNC(=O)C(C)NC1CCCCC1C(C)(C)C. The van der Waals surface area contributed by atoms with Gasteiger partial charge in [0, 0.05) is 12.6 Å². The first-order chi connectivity index (χ1) is 8.86. The molecule has 0 aromatic heterocycles. The van der Waals surface area contributed by atoms with E-state index in [4.69, 9.17) is 0 Å². The summed E-state index contributed by atoms with van der Waals surface area (Å²) >= 11 is 0. The van der Waals surface area contributed by atoms with Crippen molar-refractivity contribution in [2.24, 2.45) is 11.3 Å². The van der Waals surface area contributed by atoms with Gasteiger partial charge in [0.25, 0.3) is 0 Å². The van der Waals surface area contributed by atoms with Crippen LogP contribution in [-0.4, -0.2) is 24.5 Å². The van der Waals surface area contributed by atoms with E-state index in [9.17, 15) is 4.79 Å². The molecule has 0 spiro atoms. The predicted octanol–water partition coefficient (Wildman–Crippen LogP) is 3.10. The Morgan fingerprint density at radius 2 is 1.89 bits per heavy atom. The zero-order valence-corrected chi connectivity index (χ0v) is 13.4. The van der Waals surface area contributed by atoms with E-state index >= 15 is 0 Å². The van der Waals surface area contributed by atoms with Gasteiger partial charge in [-0.1, -0.05) is 40.5 Å². The summed E-state index contributed by atoms with van der Waals surface area (Å²) in [5, 5.41) is 6.55. The standard InChI is InChI=1S/C16H32N2O/c1-6-11-17-15(19)12(2)18-14-10-8-7-9-13(14)16(3,4)5/h12-14,18H,6-11H2,1-5H3,(H,17,19). The number of hydrogen-bond donors (Lipinski definition) is 2. The zero-order valence-electron chi connectivity index (χ0n) is 13.4. The summed E-state index contributed by atoms with van der Waals surface area (Å²) in [6, 6.07) is 0.399. The van der Waals surface area contributed by atoms with E-state index in [0.29, 0.717) is 17.4 Å². The summed E-state index contributed by atoms with van der Waals surface area (Å²) in [7, 11) is 0. The molecule has 3 nitrogen and oxygen atoms in total. The Balaban J connectivity index is 2.55. The molecule has 3 unspecified atom stereocenters. The average Bonchev–Trinajstić information content (AvgIpc) is 2.35. The number of carbonyl (C=O) groups excluding carboxylic acids is 1. The monoisotopic (exact) mass is 268 g/mol. The Kier molecular flexibility index (Phi) is 6.31. The highest BCUT2D eigenvalue weighted by atomic mass is 16.2. The summed E-state index contributed by atoms with van der Waals surface area (Å²) in [5.74, 6) is 0.808. The number of carbonyl (C=O) groups is 1. The molecule has 3 atom stereocenters. The molecule has 0 aromatic rings. The summed E-state index contributed by atoms with van der Waals surface area (Å²) < 4.78 is 0. The van der Waals surface area contributed by atoms with Crippen LogP contribution in [0.2, 0.25) is 0 Å². The Morgan fingerprint density at radius 3 is 2.47 bits per heavy atom. The van der Waals surface area contributed by atoms with Gasteiger partial charge in [0.2, 0.25) is 5.91 Å². The molecule has 1 rings (SSSR count). The van der Waals surface area contributed by atoms with Gasteiger partial charge < -0.3 is 10.6 Å². The van der Waals surface area contributed by atoms with Crippen molar-refractivity contribution in [1.82, 2.24) is 10.6 Å². The van der Waals surface area contributed by atoms with Gasteiger partial charge >= 0.3 is 0 Å². The first-order valence-electron chi connectivity index (χ1n) is 7.90. The summed E-state index contributed by atoms with van der Waals surface area (Å²) in [5.41, 5.74) is 0.317. The molecule has 3 heteroatoms. The molecule has 0 saturated heterocycles. The first kappa shape index (κ1) is 16.5. The third kappa shape index (κ3) is 5.13. The molecule has 0 radical (unpaired) electrons. The second-order valence-electron chi connectivity index (χ2n) is 7.04. The zero-order chi connectivity index (χ0) is 14.5. The van der Waals surface area contributed by atoms with Crippen LogP contribution in [0, 0.1) is 11.3 Å². The van der Waals surface area contributed by atoms with Gasteiger partial charge in [-0.3, -0.25) is 4.79 Å². The molecule has 0 heterocycles. The molecule has 0 aliphatic heterocycles. The van der Waals surface area contributed by atoms with Crippen LogP contribution in [0.15, 0.2) is 0 Å². The second kappa shape index (κ2) is 7.28. The van der Waals surface area contributed by atoms with Crippen LogP contribution in [0.4, 0.5) is 0 Å². The number of hydrogen-bond acceptors (Lipinski definition) is 2. The van der Waals surface area contributed by atoms with E-state index < -0.39 is 0 Å². The van der Waals surface area contributed by atoms with Crippen molar-refractivity contribution in [3.63, 3.8) is 0 Å². The molecule has 1 amide bonds. The molecular formula is C16H32N2O. The lowest BCUT2D eigenvalue weighted by atomic mass is 9.69. The van der Waals surface area contributed by atoms with Crippen molar-refractivity contribution in [2.75, 3.05) is 6.54 Å². The Morgan fingerprint density at radius 1 is 1.26 bits per heavy atom. The van der Waals surface area contributed by atoms with Crippen LogP contribution in [0.1, 0.15) is 66.7 Å². The van der Waals surface area contributed by atoms with Gasteiger partial charge in [-0.15, -0.1) is 0 Å². The van der Waals surface area contributed by atoms with Crippen molar-refractivity contribution in [3.05, 3.63) is 0 Å². The summed E-state index contributed by atoms with van der Waals surface area (Å²) in [4.78, 5) is 12.0. The van der Waals surface area contributed by atoms with Crippen molar-refractivity contribution in [1.29, 1.82) is 0 Å². The maximum Gasteiger partial charge on any atom is 0.236 e. The van der Waals surface area contributed by atoms with Crippen LogP contribution in [0.3, 0.4) is 0 Å². The van der Waals surface area contributed by atoms with E-state index in [1.807, 2.05) is 6.92 Å². The highest BCUT2D eigenvalue weighted by molar-refractivity contribution is 5.81. The fourth-order valence-electron chi connectivity index (χ4n) is 3.17. The molecule has 2 N–H and O–H groups in total. The highest BCUT2D eigenvalue weighted by Gasteiger charge is 2.35. The minimum Gasteiger partial charge on any atom is -0.355 e. The lowest BCUT2D eigenvalue weighted by molar-refractivity contribution is -0.123. The fourth-order valence-corrected chi connectivity index (χ4v) is 3.17. The first-order valence-corrected chi connectivity index (χ1v) is 7.90. The van der Waals surface area contributed by atoms with Gasteiger partial charge in [0.05, 0.1) is 6.04 Å². The van der Waals surface area contributed by atoms with Crippen LogP contribution >= 0.6 is 0 Å². The molecule has 1 aliphatic carbocycles. The van der Waals surface area contributed by atoms with Crippen molar-refractivity contribution < 1.29 is 4.79 Å². The largest absolute Gasteiger partial charge is 0.355 e.